The molecule has 0 saturated carbocycles. The van der Waals surface area contributed by atoms with E-state index in [9.17, 15) is 0 Å². The van der Waals surface area contributed by atoms with Crippen molar-refractivity contribution >= 4 is 5.69 Å². The Bertz CT molecular complexity index is 245. The summed E-state index contributed by atoms with van der Waals surface area (Å²) in [6.45, 7) is 4.62. The molecule has 0 fully saturated rings. The highest BCUT2D eigenvalue weighted by atomic mass is 16.5. The lowest BCUT2D eigenvalue weighted by molar-refractivity contribution is 0.342. The van der Waals surface area contributed by atoms with Gasteiger partial charge < -0.3 is 10.5 Å². The average molecular weight is 151 g/mol. The molecule has 1 aromatic carbocycles. The van der Waals surface area contributed by atoms with Crippen molar-refractivity contribution in [3.63, 3.8) is 0 Å². The molecular formula is C9H13NO. The predicted octanol–water partition coefficient (Wildman–Crippen LogP) is 1.98. The summed E-state index contributed by atoms with van der Waals surface area (Å²) in [5.41, 5.74) is 7.53. The number of hydrogen-bond acceptors (Lipinski definition) is 2. The number of nitrogen functional groups attached to an aromatic ring is 1. The standard InChI is InChI=1S/C9H13NO/c1-3-11-9-6-7(2)4-5-8(9)10/h4-6H,3,10H2,1-2H3. The third kappa shape index (κ3) is 1.87. The van der Waals surface area contributed by atoms with Crippen LogP contribution in [0.2, 0.25) is 0 Å². The van der Waals surface area contributed by atoms with E-state index in [1.54, 1.807) is 0 Å². The Labute approximate surface area is 67.0 Å². The fraction of sp³-hybridized carbons (Fsp3) is 0.333. The van der Waals surface area contributed by atoms with Crippen LogP contribution >= 0.6 is 0 Å². The van der Waals surface area contributed by atoms with Crippen LogP contribution in [0.1, 0.15) is 12.5 Å². The Morgan fingerprint density at radius 1 is 1.45 bits per heavy atom. The van der Waals surface area contributed by atoms with Crippen LogP contribution in [-0.4, -0.2) is 6.61 Å². The third-order valence-electron chi connectivity index (χ3n) is 1.47. The van der Waals surface area contributed by atoms with E-state index in [-0.39, 0.29) is 0 Å². The Hall–Kier alpha value is -1.18. The first-order valence-electron chi connectivity index (χ1n) is 3.73. The smallest absolute Gasteiger partial charge is 0.142 e. The first-order chi connectivity index (χ1) is 5.24. The van der Waals surface area contributed by atoms with E-state index in [4.69, 9.17) is 10.5 Å². The Kier molecular flexibility index (Phi) is 2.36. The number of ether oxygens (including phenoxy) is 1. The number of aryl methyl sites for hydroxylation is 1. The first-order valence-corrected chi connectivity index (χ1v) is 3.73. The second-order valence-electron chi connectivity index (χ2n) is 2.47. The summed E-state index contributed by atoms with van der Waals surface area (Å²) in [5.74, 6) is 0.785. The molecule has 0 atom stereocenters. The van der Waals surface area contributed by atoms with Gasteiger partial charge in [0.2, 0.25) is 0 Å². The highest BCUT2D eigenvalue weighted by molar-refractivity contribution is 5.53. The van der Waals surface area contributed by atoms with Crippen molar-refractivity contribution in [3.8, 4) is 5.75 Å². The molecule has 1 rings (SSSR count). The summed E-state index contributed by atoms with van der Waals surface area (Å²) in [6, 6.07) is 5.77. The van der Waals surface area contributed by atoms with Crippen LogP contribution in [0.3, 0.4) is 0 Å². The normalized spacial score (nSPS) is 9.64. The summed E-state index contributed by atoms with van der Waals surface area (Å²) < 4.78 is 5.29. The fourth-order valence-electron chi connectivity index (χ4n) is 0.922. The van der Waals surface area contributed by atoms with Gasteiger partial charge >= 0.3 is 0 Å². The lowest BCUT2D eigenvalue weighted by Gasteiger charge is -2.06. The van der Waals surface area contributed by atoms with Gasteiger partial charge in [-0.05, 0) is 31.5 Å². The maximum atomic E-state index is 5.65. The van der Waals surface area contributed by atoms with Gasteiger partial charge in [0.25, 0.3) is 0 Å². The molecule has 0 aliphatic carbocycles. The number of hydrogen-bond donors (Lipinski definition) is 1. The zero-order valence-corrected chi connectivity index (χ0v) is 6.92. The van der Waals surface area contributed by atoms with E-state index in [1.165, 1.54) is 5.56 Å². The number of anilines is 1. The average Bonchev–Trinajstić information content (AvgIpc) is 1.98. The molecule has 0 aliphatic heterocycles. The van der Waals surface area contributed by atoms with Gasteiger partial charge in [-0.1, -0.05) is 6.07 Å². The summed E-state index contributed by atoms with van der Waals surface area (Å²) in [4.78, 5) is 0. The molecule has 0 spiro atoms. The van der Waals surface area contributed by atoms with Crippen LogP contribution in [0, 0.1) is 6.92 Å². The van der Waals surface area contributed by atoms with Crippen molar-refractivity contribution in [2.75, 3.05) is 12.3 Å². The molecule has 0 amide bonds. The quantitative estimate of drug-likeness (QED) is 0.656. The lowest BCUT2D eigenvalue weighted by Crippen LogP contribution is -1.96. The maximum Gasteiger partial charge on any atom is 0.142 e. The Balaban J connectivity index is 2.93. The van der Waals surface area contributed by atoms with Crippen molar-refractivity contribution in [2.45, 2.75) is 13.8 Å². The molecular weight excluding hydrogens is 138 g/mol. The van der Waals surface area contributed by atoms with Crippen molar-refractivity contribution in [2.24, 2.45) is 0 Å². The summed E-state index contributed by atoms with van der Waals surface area (Å²) in [7, 11) is 0. The van der Waals surface area contributed by atoms with Crippen LogP contribution in [0.4, 0.5) is 5.69 Å². The van der Waals surface area contributed by atoms with Gasteiger partial charge in [-0.3, -0.25) is 0 Å². The van der Waals surface area contributed by atoms with Crippen LogP contribution in [0.25, 0.3) is 0 Å². The predicted molar refractivity (Wildman–Crippen MR) is 46.8 cm³/mol. The van der Waals surface area contributed by atoms with Gasteiger partial charge in [0.05, 0.1) is 12.3 Å². The molecule has 60 valence electrons. The maximum absolute atomic E-state index is 5.65. The largest absolute Gasteiger partial charge is 0.492 e. The molecule has 2 N–H and O–H groups in total. The number of rotatable bonds is 2. The van der Waals surface area contributed by atoms with Crippen LogP contribution in [0.5, 0.6) is 5.75 Å². The van der Waals surface area contributed by atoms with E-state index in [2.05, 4.69) is 0 Å². The SMILES string of the molecule is CCOc1cc(C)ccc1N. The van der Waals surface area contributed by atoms with Crippen molar-refractivity contribution < 1.29 is 4.74 Å². The summed E-state index contributed by atoms with van der Waals surface area (Å²) >= 11 is 0. The van der Waals surface area contributed by atoms with Gasteiger partial charge in [0.1, 0.15) is 5.75 Å². The van der Waals surface area contributed by atoms with E-state index in [1.807, 2.05) is 32.0 Å². The summed E-state index contributed by atoms with van der Waals surface area (Å²) in [6.07, 6.45) is 0. The monoisotopic (exact) mass is 151 g/mol. The molecule has 0 bridgehead atoms. The first kappa shape index (κ1) is 7.92. The van der Waals surface area contributed by atoms with E-state index >= 15 is 0 Å². The van der Waals surface area contributed by atoms with Crippen LogP contribution < -0.4 is 10.5 Å². The van der Waals surface area contributed by atoms with E-state index in [0.717, 1.165) is 5.75 Å². The van der Waals surface area contributed by atoms with Gasteiger partial charge in [-0.15, -0.1) is 0 Å². The highest BCUT2D eigenvalue weighted by Gasteiger charge is 1.97. The Morgan fingerprint density at radius 2 is 2.18 bits per heavy atom. The highest BCUT2D eigenvalue weighted by Crippen LogP contribution is 2.21. The minimum atomic E-state index is 0.660. The van der Waals surface area contributed by atoms with Crippen LogP contribution in [-0.2, 0) is 0 Å². The zero-order chi connectivity index (χ0) is 8.27. The fourth-order valence-corrected chi connectivity index (χ4v) is 0.922. The Morgan fingerprint density at radius 3 is 2.82 bits per heavy atom. The second-order valence-corrected chi connectivity index (χ2v) is 2.47. The van der Waals surface area contributed by atoms with Gasteiger partial charge in [0.15, 0.2) is 0 Å². The minimum absolute atomic E-state index is 0.660. The minimum Gasteiger partial charge on any atom is -0.492 e. The lowest BCUT2D eigenvalue weighted by atomic mass is 10.2. The van der Waals surface area contributed by atoms with Crippen molar-refractivity contribution in [1.29, 1.82) is 0 Å². The van der Waals surface area contributed by atoms with E-state index in [0.29, 0.717) is 12.3 Å². The third-order valence-corrected chi connectivity index (χ3v) is 1.47. The summed E-state index contributed by atoms with van der Waals surface area (Å²) in [5, 5.41) is 0. The zero-order valence-electron chi connectivity index (χ0n) is 6.92. The topological polar surface area (TPSA) is 35.2 Å². The molecule has 0 aliphatic rings. The molecule has 0 unspecified atom stereocenters. The molecule has 2 heteroatoms. The number of benzene rings is 1. The molecule has 0 saturated heterocycles. The second kappa shape index (κ2) is 3.28. The number of nitrogens with two attached hydrogens (primary N) is 1. The van der Waals surface area contributed by atoms with E-state index < -0.39 is 0 Å². The van der Waals surface area contributed by atoms with Crippen molar-refractivity contribution in [3.05, 3.63) is 23.8 Å². The molecule has 2 nitrogen and oxygen atoms in total. The van der Waals surface area contributed by atoms with Gasteiger partial charge in [-0.25, -0.2) is 0 Å². The van der Waals surface area contributed by atoms with Gasteiger partial charge in [0, 0.05) is 0 Å². The van der Waals surface area contributed by atoms with Crippen LogP contribution in [0.15, 0.2) is 18.2 Å². The molecule has 1 aromatic rings. The molecule has 11 heavy (non-hydrogen) atoms. The molecule has 0 radical (unpaired) electrons. The molecule has 0 heterocycles. The van der Waals surface area contributed by atoms with Gasteiger partial charge in [-0.2, -0.15) is 0 Å². The molecule has 0 aromatic heterocycles. The van der Waals surface area contributed by atoms with Crippen molar-refractivity contribution in [1.82, 2.24) is 0 Å².